The minimum absolute atomic E-state index is 0.393. The van der Waals surface area contributed by atoms with Crippen LogP contribution in [0.4, 0.5) is 5.95 Å². The largest absolute Gasteiger partial charge is 0.377 e. The Labute approximate surface area is 114 Å². The fourth-order valence-corrected chi connectivity index (χ4v) is 2.70. The first-order valence-electron chi connectivity index (χ1n) is 7.30. The van der Waals surface area contributed by atoms with Gasteiger partial charge in [-0.05, 0) is 25.7 Å². The van der Waals surface area contributed by atoms with Crippen molar-refractivity contribution >= 4 is 5.95 Å². The first-order valence-corrected chi connectivity index (χ1v) is 7.30. The highest BCUT2D eigenvalue weighted by Gasteiger charge is 2.15. The normalized spacial score (nSPS) is 23.2. The molecule has 1 aromatic heterocycles. The Bertz CT molecular complexity index is 383. The lowest BCUT2D eigenvalue weighted by atomic mass is 10.2. The van der Waals surface area contributed by atoms with E-state index in [-0.39, 0.29) is 0 Å². The molecule has 0 saturated carbocycles. The number of rotatable bonds is 5. The number of aromatic nitrogens is 2. The third-order valence-electron chi connectivity index (χ3n) is 3.81. The van der Waals surface area contributed by atoms with Crippen LogP contribution in [-0.4, -0.2) is 42.3 Å². The van der Waals surface area contributed by atoms with E-state index >= 15 is 0 Å². The van der Waals surface area contributed by atoms with Gasteiger partial charge >= 0.3 is 0 Å². The van der Waals surface area contributed by atoms with Crippen molar-refractivity contribution in [3.63, 3.8) is 0 Å². The molecule has 2 aliphatic rings. The van der Waals surface area contributed by atoms with Crippen LogP contribution in [0.2, 0.25) is 0 Å². The molecule has 3 heterocycles. The van der Waals surface area contributed by atoms with E-state index in [0.717, 1.165) is 44.3 Å². The molecule has 0 unspecified atom stereocenters. The first kappa shape index (κ1) is 12.8. The summed E-state index contributed by atoms with van der Waals surface area (Å²) in [5.41, 5.74) is 1.14. The molecule has 104 valence electrons. The average Bonchev–Trinajstić information content (AvgIpc) is 3.13. The number of hydrogen-bond donors (Lipinski definition) is 1. The van der Waals surface area contributed by atoms with E-state index in [0.29, 0.717) is 6.10 Å². The standard InChI is InChI=1S/C14H22N4O/c1-2-6-18(5-1)14-16-9-12(10-17-14)8-15-11-13-4-3-7-19-13/h9-10,13,15H,1-8,11H2/t13-/m0/s1. The maximum atomic E-state index is 5.58. The van der Waals surface area contributed by atoms with Crippen LogP contribution < -0.4 is 10.2 Å². The highest BCUT2D eigenvalue weighted by molar-refractivity contribution is 5.30. The Morgan fingerprint density at radius 2 is 2.00 bits per heavy atom. The summed E-state index contributed by atoms with van der Waals surface area (Å²) >= 11 is 0. The Morgan fingerprint density at radius 1 is 1.21 bits per heavy atom. The van der Waals surface area contributed by atoms with Gasteiger partial charge in [0.25, 0.3) is 0 Å². The second-order valence-electron chi connectivity index (χ2n) is 5.35. The summed E-state index contributed by atoms with van der Waals surface area (Å²) < 4.78 is 5.58. The Balaban J connectivity index is 1.45. The molecule has 5 heteroatoms. The van der Waals surface area contributed by atoms with Crippen molar-refractivity contribution in [2.45, 2.75) is 38.3 Å². The molecule has 1 N–H and O–H groups in total. The third kappa shape index (κ3) is 3.42. The molecule has 0 aromatic carbocycles. The molecule has 5 nitrogen and oxygen atoms in total. The Hall–Kier alpha value is -1.20. The number of anilines is 1. The first-order chi connectivity index (χ1) is 9.42. The van der Waals surface area contributed by atoms with Crippen molar-refractivity contribution in [2.24, 2.45) is 0 Å². The van der Waals surface area contributed by atoms with Crippen molar-refractivity contribution in [2.75, 3.05) is 31.1 Å². The molecule has 2 fully saturated rings. The summed E-state index contributed by atoms with van der Waals surface area (Å²) in [7, 11) is 0. The average molecular weight is 262 g/mol. The van der Waals surface area contributed by atoms with E-state index in [1.54, 1.807) is 0 Å². The SMILES string of the molecule is c1nc(N2CCCC2)ncc1CNC[C@@H]1CCCO1. The predicted octanol–water partition coefficient (Wildman–Crippen LogP) is 1.35. The van der Waals surface area contributed by atoms with Crippen LogP contribution in [0.15, 0.2) is 12.4 Å². The quantitative estimate of drug-likeness (QED) is 0.868. The van der Waals surface area contributed by atoms with Crippen LogP contribution in [0.5, 0.6) is 0 Å². The van der Waals surface area contributed by atoms with Gasteiger partial charge in [-0.3, -0.25) is 0 Å². The van der Waals surface area contributed by atoms with Crippen LogP contribution in [0.3, 0.4) is 0 Å². The van der Waals surface area contributed by atoms with Gasteiger partial charge in [0.1, 0.15) is 0 Å². The summed E-state index contributed by atoms with van der Waals surface area (Å²) in [4.78, 5) is 11.2. The lowest BCUT2D eigenvalue weighted by Crippen LogP contribution is -2.26. The summed E-state index contributed by atoms with van der Waals surface area (Å²) in [6, 6.07) is 0. The molecule has 3 rings (SSSR count). The molecule has 0 spiro atoms. The number of nitrogens with zero attached hydrogens (tertiary/aromatic N) is 3. The van der Waals surface area contributed by atoms with E-state index in [1.807, 2.05) is 12.4 Å². The van der Waals surface area contributed by atoms with Gasteiger partial charge in [-0.15, -0.1) is 0 Å². The third-order valence-corrected chi connectivity index (χ3v) is 3.81. The molecule has 0 radical (unpaired) electrons. The van der Waals surface area contributed by atoms with Crippen LogP contribution in [0.25, 0.3) is 0 Å². The smallest absolute Gasteiger partial charge is 0.225 e. The monoisotopic (exact) mass is 262 g/mol. The van der Waals surface area contributed by atoms with E-state index in [2.05, 4.69) is 20.2 Å². The molecule has 0 amide bonds. The van der Waals surface area contributed by atoms with Crippen molar-refractivity contribution in [1.82, 2.24) is 15.3 Å². The van der Waals surface area contributed by atoms with Crippen molar-refractivity contribution in [1.29, 1.82) is 0 Å². The molecular formula is C14H22N4O. The van der Waals surface area contributed by atoms with Crippen LogP contribution in [0.1, 0.15) is 31.2 Å². The minimum Gasteiger partial charge on any atom is -0.377 e. The molecule has 1 aromatic rings. The lowest BCUT2D eigenvalue weighted by molar-refractivity contribution is 0.110. The van der Waals surface area contributed by atoms with Gasteiger partial charge in [0.15, 0.2) is 0 Å². The molecular weight excluding hydrogens is 240 g/mol. The van der Waals surface area contributed by atoms with Gasteiger partial charge in [-0.25, -0.2) is 9.97 Å². The summed E-state index contributed by atoms with van der Waals surface area (Å²) in [6.45, 7) is 4.85. The van der Waals surface area contributed by atoms with Crippen molar-refractivity contribution < 1.29 is 4.74 Å². The highest BCUT2D eigenvalue weighted by Crippen LogP contribution is 2.15. The van der Waals surface area contributed by atoms with Gasteiger partial charge in [-0.1, -0.05) is 0 Å². The van der Waals surface area contributed by atoms with Crippen molar-refractivity contribution in [3.8, 4) is 0 Å². The van der Waals surface area contributed by atoms with Gasteiger partial charge in [-0.2, -0.15) is 0 Å². The zero-order valence-electron chi connectivity index (χ0n) is 11.3. The van der Waals surface area contributed by atoms with Crippen molar-refractivity contribution in [3.05, 3.63) is 18.0 Å². The molecule has 2 saturated heterocycles. The van der Waals surface area contributed by atoms with Crippen LogP contribution >= 0.6 is 0 Å². The molecule has 0 aliphatic carbocycles. The van der Waals surface area contributed by atoms with Crippen LogP contribution in [-0.2, 0) is 11.3 Å². The maximum Gasteiger partial charge on any atom is 0.225 e. The zero-order chi connectivity index (χ0) is 12.9. The topological polar surface area (TPSA) is 50.3 Å². The molecule has 19 heavy (non-hydrogen) atoms. The number of ether oxygens (including phenoxy) is 1. The Morgan fingerprint density at radius 3 is 2.68 bits per heavy atom. The fourth-order valence-electron chi connectivity index (χ4n) is 2.70. The second kappa shape index (κ2) is 6.30. The zero-order valence-corrected chi connectivity index (χ0v) is 11.3. The fraction of sp³-hybridized carbons (Fsp3) is 0.714. The lowest BCUT2D eigenvalue weighted by Gasteiger charge is -2.15. The molecule has 0 bridgehead atoms. The summed E-state index contributed by atoms with van der Waals surface area (Å²) in [6.07, 6.45) is 9.15. The summed E-state index contributed by atoms with van der Waals surface area (Å²) in [5.74, 6) is 0.875. The van der Waals surface area contributed by atoms with E-state index in [9.17, 15) is 0 Å². The maximum absolute atomic E-state index is 5.58. The van der Waals surface area contributed by atoms with Gasteiger partial charge in [0.2, 0.25) is 5.95 Å². The predicted molar refractivity (Wildman–Crippen MR) is 74.2 cm³/mol. The van der Waals surface area contributed by atoms with Gasteiger partial charge in [0, 0.05) is 50.7 Å². The van der Waals surface area contributed by atoms with Gasteiger partial charge in [0.05, 0.1) is 6.10 Å². The van der Waals surface area contributed by atoms with E-state index in [4.69, 9.17) is 4.74 Å². The molecule has 1 atom stereocenters. The highest BCUT2D eigenvalue weighted by atomic mass is 16.5. The second-order valence-corrected chi connectivity index (χ2v) is 5.35. The van der Waals surface area contributed by atoms with E-state index < -0.39 is 0 Å². The van der Waals surface area contributed by atoms with E-state index in [1.165, 1.54) is 25.7 Å². The van der Waals surface area contributed by atoms with Gasteiger partial charge < -0.3 is 15.0 Å². The number of nitrogens with one attached hydrogen (secondary N) is 1. The summed E-state index contributed by atoms with van der Waals surface area (Å²) in [5, 5.41) is 3.41. The minimum atomic E-state index is 0.393. The Kier molecular flexibility index (Phi) is 4.25. The van der Waals surface area contributed by atoms with Crippen LogP contribution in [0, 0.1) is 0 Å². The number of hydrogen-bond acceptors (Lipinski definition) is 5. The molecule has 2 aliphatic heterocycles.